The molecule has 0 bridgehead atoms. The van der Waals surface area contributed by atoms with E-state index in [1.807, 2.05) is 0 Å². The van der Waals surface area contributed by atoms with Gasteiger partial charge in [0.25, 0.3) is 5.91 Å². The normalized spacial score (nSPS) is 16.0. The first-order chi connectivity index (χ1) is 11.4. The third kappa shape index (κ3) is 3.56. The lowest BCUT2D eigenvalue weighted by molar-refractivity contribution is -0.122. The summed E-state index contributed by atoms with van der Waals surface area (Å²) in [6.07, 6.45) is -0.439. The Kier molecular flexibility index (Phi) is 4.53. The number of ether oxygens (including phenoxy) is 1. The van der Waals surface area contributed by atoms with Crippen LogP contribution in [-0.2, 0) is 16.0 Å². The largest absolute Gasteiger partial charge is 0.479 e. The molecule has 0 saturated heterocycles. The molecule has 2 amide bonds. The van der Waals surface area contributed by atoms with E-state index in [-0.39, 0.29) is 24.1 Å². The minimum absolute atomic E-state index is 0.107. The van der Waals surface area contributed by atoms with Gasteiger partial charge < -0.3 is 15.4 Å². The summed E-state index contributed by atoms with van der Waals surface area (Å²) < 4.78 is 19.0. The van der Waals surface area contributed by atoms with Crippen molar-refractivity contribution in [3.63, 3.8) is 0 Å². The Hall–Kier alpha value is -2.41. The molecule has 0 spiro atoms. The summed E-state index contributed by atoms with van der Waals surface area (Å²) in [4.78, 5) is 23.8. The van der Waals surface area contributed by atoms with Gasteiger partial charge in [-0.1, -0.05) is 6.07 Å². The maximum Gasteiger partial charge on any atom is 0.265 e. The fourth-order valence-corrected chi connectivity index (χ4v) is 2.75. The number of halogens is 2. The average Bonchev–Trinajstić information content (AvgIpc) is 2.52. The molecule has 0 radical (unpaired) electrons. The summed E-state index contributed by atoms with van der Waals surface area (Å²) >= 11 is 3.09. The lowest BCUT2D eigenvalue weighted by Gasteiger charge is -2.23. The van der Waals surface area contributed by atoms with Crippen molar-refractivity contribution in [3.8, 4) is 5.75 Å². The van der Waals surface area contributed by atoms with Crippen LogP contribution in [0.15, 0.2) is 40.9 Å². The van der Waals surface area contributed by atoms with E-state index in [2.05, 4.69) is 26.6 Å². The molecule has 5 nitrogen and oxygen atoms in total. The number of fused-ring (bicyclic) bond motifs is 1. The van der Waals surface area contributed by atoms with E-state index >= 15 is 0 Å². The van der Waals surface area contributed by atoms with Crippen LogP contribution in [0.3, 0.4) is 0 Å². The Morgan fingerprint density at radius 1 is 1.33 bits per heavy atom. The summed E-state index contributed by atoms with van der Waals surface area (Å²) in [6.45, 7) is 1.66. The molecule has 2 N–H and O–H groups in total. The van der Waals surface area contributed by atoms with Gasteiger partial charge in [-0.2, -0.15) is 0 Å². The highest BCUT2D eigenvalue weighted by Crippen LogP contribution is 2.32. The monoisotopic (exact) mass is 392 g/mol. The first kappa shape index (κ1) is 16.4. The van der Waals surface area contributed by atoms with Crippen LogP contribution in [0, 0.1) is 5.82 Å². The number of hydrogen-bond acceptors (Lipinski definition) is 3. The molecular formula is C17H14BrFN2O3. The molecule has 3 rings (SSSR count). The Bertz CT molecular complexity index is 825. The molecule has 0 saturated carbocycles. The number of hydrogen-bond donors (Lipinski definition) is 2. The number of amides is 2. The second-order valence-corrected chi connectivity index (χ2v) is 6.29. The SMILES string of the molecule is CC1Oc2ccc(NC(=O)Cc3ccc(F)c(Br)c3)cc2NC1=O. The minimum atomic E-state index is -0.546. The van der Waals surface area contributed by atoms with Crippen LogP contribution in [0.4, 0.5) is 15.8 Å². The van der Waals surface area contributed by atoms with Crippen molar-refractivity contribution in [2.75, 3.05) is 10.6 Å². The molecule has 1 atom stereocenters. The standard InChI is InChI=1S/C17H14BrFN2O3/c1-9-17(23)21-14-8-11(3-5-15(14)24-9)20-16(22)7-10-2-4-13(19)12(18)6-10/h2-6,8-9H,7H2,1H3,(H,20,22)(H,21,23). The van der Waals surface area contributed by atoms with Crippen molar-refractivity contribution in [2.24, 2.45) is 0 Å². The molecule has 1 aliphatic heterocycles. The van der Waals surface area contributed by atoms with E-state index < -0.39 is 6.10 Å². The summed E-state index contributed by atoms with van der Waals surface area (Å²) in [6, 6.07) is 9.45. The second kappa shape index (κ2) is 6.60. The van der Waals surface area contributed by atoms with Crippen molar-refractivity contribution in [1.29, 1.82) is 0 Å². The van der Waals surface area contributed by atoms with Crippen molar-refractivity contribution >= 4 is 39.1 Å². The number of rotatable bonds is 3. The first-order valence-corrected chi connectivity index (χ1v) is 8.07. The highest BCUT2D eigenvalue weighted by Gasteiger charge is 2.23. The van der Waals surface area contributed by atoms with E-state index in [0.717, 1.165) is 0 Å². The average molecular weight is 393 g/mol. The third-order valence-corrected chi connectivity index (χ3v) is 4.15. The summed E-state index contributed by atoms with van der Waals surface area (Å²) in [5.74, 6) is -0.298. The van der Waals surface area contributed by atoms with Gasteiger partial charge in [0.05, 0.1) is 16.6 Å². The Morgan fingerprint density at radius 3 is 2.88 bits per heavy atom. The number of carbonyl (C=O) groups excluding carboxylic acids is 2. The van der Waals surface area contributed by atoms with Crippen molar-refractivity contribution in [1.82, 2.24) is 0 Å². The molecule has 1 heterocycles. The number of anilines is 2. The van der Waals surface area contributed by atoms with E-state index in [0.29, 0.717) is 27.2 Å². The summed E-state index contributed by atoms with van der Waals surface area (Å²) in [5, 5.41) is 5.47. The zero-order valence-electron chi connectivity index (χ0n) is 12.7. The smallest absolute Gasteiger partial charge is 0.265 e. The van der Waals surface area contributed by atoms with Crippen LogP contribution >= 0.6 is 15.9 Å². The molecule has 1 aliphatic rings. The zero-order valence-corrected chi connectivity index (χ0v) is 14.3. The van der Waals surface area contributed by atoms with Gasteiger partial charge in [-0.05, 0) is 58.7 Å². The molecular weight excluding hydrogens is 379 g/mol. The molecule has 0 aliphatic carbocycles. The van der Waals surface area contributed by atoms with Gasteiger partial charge in [0.2, 0.25) is 5.91 Å². The van der Waals surface area contributed by atoms with Crippen LogP contribution in [0.5, 0.6) is 5.75 Å². The minimum Gasteiger partial charge on any atom is -0.479 e. The third-order valence-electron chi connectivity index (χ3n) is 3.54. The lowest BCUT2D eigenvalue weighted by Crippen LogP contribution is -2.34. The molecule has 2 aromatic carbocycles. The van der Waals surface area contributed by atoms with E-state index in [1.165, 1.54) is 6.07 Å². The van der Waals surface area contributed by atoms with Gasteiger partial charge in [0.1, 0.15) is 11.6 Å². The van der Waals surface area contributed by atoms with E-state index in [9.17, 15) is 14.0 Å². The molecule has 24 heavy (non-hydrogen) atoms. The highest BCUT2D eigenvalue weighted by atomic mass is 79.9. The molecule has 7 heteroatoms. The maximum atomic E-state index is 13.2. The van der Waals surface area contributed by atoms with Crippen LogP contribution < -0.4 is 15.4 Å². The van der Waals surface area contributed by atoms with Crippen LogP contribution in [0.2, 0.25) is 0 Å². The fourth-order valence-electron chi connectivity index (χ4n) is 2.33. The lowest BCUT2D eigenvalue weighted by atomic mass is 10.1. The van der Waals surface area contributed by atoms with Gasteiger partial charge in [0, 0.05) is 5.69 Å². The molecule has 0 aromatic heterocycles. The quantitative estimate of drug-likeness (QED) is 0.839. The molecule has 124 valence electrons. The van der Waals surface area contributed by atoms with Gasteiger partial charge >= 0.3 is 0 Å². The number of carbonyl (C=O) groups is 2. The maximum absolute atomic E-state index is 13.2. The summed E-state index contributed by atoms with van der Waals surface area (Å²) in [5.41, 5.74) is 1.74. The number of benzene rings is 2. The zero-order chi connectivity index (χ0) is 17.3. The predicted molar refractivity (Wildman–Crippen MR) is 91.6 cm³/mol. The summed E-state index contributed by atoms with van der Waals surface area (Å²) in [7, 11) is 0. The Balaban J connectivity index is 1.69. The molecule has 2 aromatic rings. The van der Waals surface area contributed by atoms with E-state index in [1.54, 1.807) is 37.3 Å². The van der Waals surface area contributed by atoms with Crippen LogP contribution in [0.25, 0.3) is 0 Å². The van der Waals surface area contributed by atoms with Gasteiger partial charge in [-0.25, -0.2) is 4.39 Å². The van der Waals surface area contributed by atoms with Crippen LogP contribution in [0.1, 0.15) is 12.5 Å². The van der Waals surface area contributed by atoms with Crippen molar-refractivity contribution < 1.29 is 18.7 Å². The second-order valence-electron chi connectivity index (χ2n) is 5.43. The Labute approximate surface area is 146 Å². The van der Waals surface area contributed by atoms with E-state index in [4.69, 9.17) is 4.74 Å². The van der Waals surface area contributed by atoms with Gasteiger partial charge in [0.15, 0.2) is 6.10 Å². The fraction of sp³-hybridized carbons (Fsp3) is 0.176. The van der Waals surface area contributed by atoms with Crippen molar-refractivity contribution in [3.05, 3.63) is 52.3 Å². The van der Waals surface area contributed by atoms with Gasteiger partial charge in [-0.15, -0.1) is 0 Å². The predicted octanol–water partition coefficient (Wildman–Crippen LogP) is 3.49. The first-order valence-electron chi connectivity index (χ1n) is 7.28. The topological polar surface area (TPSA) is 67.4 Å². The van der Waals surface area contributed by atoms with Crippen LogP contribution in [-0.4, -0.2) is 17.9 Å². The number of nitrogens with one attached hydrogen (secondary N) is 2. The molecule has 1 unspecified atom stereocenters. The highest BCUT2D eigenvalue weighted by molar-refractivity contribution is 9.10. The Morgan fingerprint density at radius 2 is 2.12 bits per heavy atom. The molecule has 0 fully saturated rings. The van der Waals surface area contributed by atoms with Crippen molar-refractivity contribution in [2.45, 2.75) is 19.4 Å². The van der Waals surface area contributed by atoms with Gasteiger partial charge in [-0.3, -0.25) is 9.59 Å².